The smallest absolute Gasteiger partial charge is 0.226 e. The summed E-state index contributed by atoms with van der Waals surface area (Å²) < 4.78 is 5.83. The van der Waals surface area contributed by atoms with Gasteiger partial charge in [0.2, 0.25) is 5.91 Å². The Morgan fingerprint density at radius 2 is 2.45 bits per heavy atom. The summed E-state index contributed by atoms with van der Waals surface area (Å²) in [6.07, 6.45) is 4.57. The van der Waals surface area contributed by atoms with E-state index in [0.717, 1.165) is 25.0 Å². The number of carbonyl (C=O) groups is 1. The number of amides is 1. The van der Waals surface area contributed by atoms with Crippen molar-refractivity contribution in [3.8, 4) is 0 Å². The van der Waals surface area contributed by atoms with Crippen molar-refractivity contribution >= 4 is 17.2 Å². The van der Waals surface area contributed by atoms with Gasteiger partial charge in [0.15, 0.2) is 0 Å². The Bertz CT molecular complexity index is 652. The fourth-order valence-electron chi connectivity index (χ4n) is 3.37. The number of fused-ring (bicyclic) bond motifs is 1. The van der Waals surface area contributed by atoms with E-state index in [-0.39, 0.29) is 17.9 Å². The average molecular weight is 317 g/mol. The molecule has 1 saturated heterocycles. The highest BCUT2D eigenvalue weighted by Crippen LogP contribution is 2.29. The Kier molecular flexibility index (Phi) is 3.72. The van der Waals surface area contributed by atoms with Gasteiger partial charge in [0, 0.05) is 29.5 Å². The fraction of sp³-hybridized carbons (Fsp3) is 0.500. The van der Waals surface area contributed by atoms with Crippen LogP contribution in [0.3, 0.4) is 0 Å². The minimum absolute atomic E-state index is 0.0315. The Balaban J connectivity index is 1.44. The normalized spacial score (nSPS) is 25.0. The van der Waals surface area contributed by atoms with Crippen LogP contribution in [0.15, 0.2) is 23.7 Å². The fourth-order valence-corrected chi connectivity index (χ4v) is 4.14. The van der Waals surface area contributed by atoms with E-state index >= 15 is 0 Å². The average Bonchev–Trinajstić information content (AvgIpc) is 3.25. The summed E-state index contributed by atoms with van der Waals surface area (Å²) in [5.41, 5.74) is 2.40. The van der Waals surface area contributed by atoms with Crippen LogP contribution in [0, 0.1) is 5.92 Å². The van der Waals surface area contributed by atoms with Gasteiger partial charge in [0.25, 0.3) is 0 Å². The number of ether oxygens (including phenoxy) is 1. The first-order valence-electron chi connectivity index (χ1n) is 7.76. The summed E-state index contributed by atoms with van der Waals surface area (Å²) in [6.45, 7) is 2.00. The molecule has 1 aliphatic heterocycles. The van der Waals surface area contributed by atoms with Gasteiger partial charge in [-0.2, -0.15) is 5.10 Å². The summed E-state index contributed by atoms with van der Waals surface area (Å²) in [5, 5.41) is 9.18. The zero-order valence-electron chi connectivity index (χ0n) is 12.3. The van der Waals surface area contributed by atoms with Crippen LogP contribution in [0.4, 0.5) is 0 Å². The molecule has 2 atom stereocenters. The highest BCUT2D eigenvalue weighted by molar-refractivity contribution is 7.10. The molecule has 1 aliphatic carbocycles. The van der Waals surface area contributed by atoms with Gasteiger partial charge in [-0.05, 0) is 29.9 Å². The summed E-state index contributed by atoms with van der Waals surface area (Å²) >= 11 is 1.69. The third-order valence-corrected chi connectivity index (χ3v) is 5.57. The van der Waals surface area contributed by atoms with Crippen molar-refractivity contribution in [1.82, 2.24) is 15.1 Å². The number of nitrogens with one attached hydrogen (secondary N) is 1. The zero-order valence-corrected chi connectivity index (χ0v) is 13.1. The number of aromatic amines is 1. The lowest BCUT2D eigenvalue weighted by Gasteiger charge is -2.35. The Hall–Kier alpha value is -1.66. The molecule has 1 amide bonds. The summed E-state index contributed by atoms with van der Waals surface area (Å²) in [6, 6.07) is 4.12. The highest BCUT2D eigenvalue weighted by Gasteiger charge is 2.32. The van der Waals surface area contributed by atoms with Gasteiger partial charge in [-0.3, -0.25) is 9.89 Å². The molecule has 116 valence electrons. The lowest BCUT2D eigenvalue weighted by molar-refractivity contribution is -0.143. The number of hydrogen-bond acceptors (Lipinski definition) is 4. The second-order valence-corrected chi connectivity index (χ2v) is 6.95. The van der Waals surface area contributed by atoms with Crippen molar-refractivity contribution in [1.29, 1.82) is 0 Å². The number of rotatable bonds is 2. The van der Waals surface area contributed by atoms with Gasteiger partial charge in [-0.25, -0.2) is 0 Å². The summed E-state index contributed by atoms with van der Waals surface area (Å²) in [7, 11) is 0. The zero-order chi connectivity index (χ0) is 14.9. The molecule has 0 radical (unpaired) electrons. The number of nitrogens with zero attached hydrogens (tertiary/aromatic N) is 2. The van der Waals surface area contributed by atoms with Crippen LogP contribution in [0.25, 0.3) is 0 Å². The quantitative estimate of drug-likeness (QED) is 0.923. The predicted molar refractivity (Wildman–Crippen MR) is 83.7 cm³/mol. The molecular formula is C16H19N3O2S. The van der Waals surface area contributed by atoms with Gasteiger partial charge in [-0.15, -0.1) is 11.3 Å². The molecule has 2 aromatic heterocycles. The van der Waals surface area contributed by atoms with Gasteiger partial charge in [0.05, 0.1) is 19.3 Å². The minimum Gasteiger partial charge on any atom is -0.369 e. The van der Waals surface area contributed by atoms with E-state index in [1.165, 1.54) is 10.4 Å². The maximum absolute atomic E-state index is 12.8. The molecule has 5 nitrogen and oxygen atoms in total. The van der Waals surface area contributed by atoms with Gasteiger partial charge in [0.1, 0.15) is 6.10 Å². The van der Waals surface area contributed by atoms with Crippen LogP contribution < -0.4 is 0 Å². The van der Waals surface area contributed by atoms with Crippen molar-refractivity contribution < 1.29 is 9.53 Å². The Labute approximate surface area is 133 Å². The molecule has 1 N–H and O–H groups in total. The largest absolute Gasteiger partial charge is 0.369 e. The van der Waals surface area contributed by atoms with E-state index in [0.29, 0.717) is 19.7 Å². The van der Waals surface area contributed by atoms with Crippen LogP contribution in [-0.2, 0) is 22.4 Å². The second kappa shape index (κ2) is 5.85. The molecule has 1 fully saturated rings. The van der Waals surface area contributed by atoms with Crippen LogP contribution >= 0.6 is 11.3 Å². The van der Waals surface area contributed by atoms with E-state index in [1.54, 1.807) is 11.3 Å². The van der Waals surface area contributed by atoms with Gasteiger partial charge >= 0.3 is 0 Å². The van der Waals surface area contributed by atoms with Crippen LogP contribution in [0.1, 0.15) is 28.7 Å². The van der Waals surface area contributed by atoms with Crippen molar-refractivity contribution in [2.24, 2.45) is 5.92 Å². The van der Waals surface area contributed by atoms with Crippen molar-refractivity contribution in [2.75, 3.05) is 19.7 Å². The van der Waals surface area contributed by atoms with Crippen LogP contribution in [-0.4, -0.2) is 40.7 Å². The number of morpholine rings is 1. The molecule has 0 aromatic carbocycles. The van der Waals surface area contributed by atoms with E-state index in [9.17, 15) is 4.79 Å². The number of aromatic nitrogens is 2. The molecule has 2 unspecified atom stereocenters. The maximum atomic E-state index is 12.8. The molecular weight excluding hydrogens is 298 g/mol. The molecule has 3 heterocycles. The number of carbonyl (C=O) groups excluding carboxylic acids is 1. The molecule has 2 aliphatic rings. The topological polar surface area (TPSA) is 58.2 Å². The Morgan fingerprint density at radius 1 is 1.50 bits per heavy atom. The van der Waals surface area contributed by atoms with Gasteiger partial charge in [-0.1, -0.05) is 6.07 Å². The van der Waals surface area contributed by atoms with E-state index < -0.39 is 0 Å². The monoisotopic (exact) mass is 317 g/mol. The van der Waals surface area contributed by atoms with Crippen LogP contribution in [0.2, 0.25) is 0 Å². The molecule has 6 heteroatoms. The highest BCUT2D eigenvalue weighted by atomic mass is 32.1. The molecule has 0 saturated carbocycles. The van der Waals surface area contributed by atoms with E-state index in [4.69, 9.17) is 4.74 Å². The van der Waals surface area contributed by atoms with E-state index in [1.807, 2.05) is 17.2 Å². The predicted octanol–water partition coefficient (Wildman–Crippen LogP) is 2.18. The molecule has 0 spiro atoms. The Morgan fingerprint density at radius 3 is 3.32 bits per heavy atom. The third-order valence-electron chi connectivity index (χ3n) is 4.61. The van der Waals surface area contributed by atoms with Gasteiger partial charge < -0.3 is 9.64 Å². The number of aryl methyl sites for hydroxylation is 1. The lowest BCUT2D eigenvalue weighted by Crippen LogP contribution is -2.45. The summed E-state index contributed by atoms with van der Waals surface area (Å²) in [5.74, 6) is 0.347. The first-order chi connectivity index (χ1) is 10.8. The number of thiophene rings is 1. The third kappa shape index (κ3) is 2.57. The van der Waals surface area contributed by atoms with Crippen LogP contribution in [0.5, 0.6) is 0 Å². The first kappa shape index (κ1) is 14.0. The van der Waals surface area contributed by atoms with Crippen molar-refractivity contribution in [2.45, 2.75) is 25.4 Å². The number of hydrogen-bond donors (Lipinski definition) is 1. The SMILES string of the molecule is O=C(C1CCc2cn[nH]c2C1)N1CCOC(c2cccs2)C1. The maximum Gasteiger partial charge on any atom is 0.226 e. The first-order valence-corrected chi connectivity index (χ1v) is 8.64. The molecule has 22 heavy (non-hydrogen) atoms. The second-order valence-electron chi connectivity index (χ2n) is 5.97. The summed E-state index contributed by atoms with van der Waals surface area (Å²) in [4.78, 5) is 16.0. The van der Waals surface area contributed by atoms with Crippen molar-refractivity contribution in [3.05, 3.63) is 39.8 Å². The molecule has 2 aromatic rings. The standard InChI is InChI=1S/C16H19N3O2S/c20-16(11-3-4-12-9-17-18-13(12)8-11)19-5-6-21-14(10-19)15-2-1-7-22-15/h1-2,7,9,11,14H,3-6,8,10H2,(H,17,18). The molecule has 0 bridgehead atoms. The lowest BCUT2D eigenvalue weighted by atomic mass is 9.87. The number of H-pyrrole nitrogens is 1. The van der Waals surface area contributed by atoms with Crippen molar-refractivity contribution in [3.63, 3.8) is 0 Å². The molecule has 4 rings (SSSR count). The van der Waals surface area contributed by atoms with E-state index in [2.05, 4.69) is 21.6 Å². The minimum atomic E-state index is 0.0315.